The molecule has 4 aliphatic carbocycles. The summed E-state index contributed by atoms with van der Waals surface area (Å²) >= 11 is 0. The van der Waals surface area contributed by atoms with Crippen LogP contribution in [0, 0.1) is 39.4 Å². The summed E-state index contributed by atoms with van der Waals surface area (Å²) in [7, 11) is 0. The zero-order valence-electron chi connectivity index (χ0n) is 31.0. The molecule has 0 amide bonds. The highest BCUT2D eigenvalue weighted by atomic mass is 16.6. The maximum Gasteiger partial charge on any atom is 0.306 e. The van der Waals surface area contributed by atoms with E-state index in [0.717, 1.165) is 32.1 Å². The molecule has 0 bridgehead atoms. The standard InChI is InChI=1S/C39H62O8/c1-12-30(41)45-26-22-25-24(23(4)21-27(46-31(42)13-2)34(36(7,8)44)47-32(43)14-3)15-19-38(25,10)39(11)20-16-28-35(5,6)29(40)17-18-37(28,9)33(26)39/h23,26-28,33-34,44H,12-22H2,1-11H3/t23-,26+,27+,28+,33+,34-,37+,38+,39+/m1/s1. The molecule has 266 valence electrons. The average molecular weight is 659 g/mol. The van der Waals surface area contributed by atoms with Gasteiger partial charge in [0.1, 0.15) is 18.0 Å². The molecule has 0 aromatic carbocycles. The number of hydrogen-bond acceptors (Lipinski definition) is 8. The molecule has 0 aliphatic heterocycles. The molecule has 0 spiro atoms. The maximum absolute atomic E-state index is 13.2. The Kier molecular flexibility index (Phi) is 10.6. The summed E-state index contributed by atoms with van der Waals surface area (Å²) in [5, 5.41) is 11.1. The van der Waals surface area contributed by atoms with Crippen LogP contribution in [0.5, 0.6) is 0 Å². The van der Waals surface area contributed by atoms with Gasteiger partial charge in [-0.1, -0.05) is 73.5 Å². The first-order chi connectivity index (χ1) is 21.7. The molecule has 3 fully saturated rings. The van der Waals surface area contributed by atoms with Crippen LogP contribution in [0.4, 0.5) is 0 Å². The number of ketones is 1. The lowest BCUT2D eigenvalue weighted by Crippen LogP contribution is -2.66. The van der Waals surface area contributed by atoms with Crippen molar-refractivity contribution in [1.29, 1.82) is 0 Å². The molecule has 8 heteroatoms. The summed E-state index contributed by atoms with van der Waals surface area (Å²) in [5.41, 5.74) is 0.373. The molecule has 4 aliphatic rings. The third-order valence-corrected chi connectivity index (χ3v) is 13.5. The van der Waals surface area contributed by atoms with Crippen LogP contribution >= 0.6 is 0 Å². The summed E-state index contributed by atoms with van der Waals surface area (Å²) in [6, 6.07) is 0. The van der Waals surface area contributed by atoms with Crippen LogP contribution in [-0.4, -0.2) is 52.7 Å². The Labute approximate surface area is 283 Å². The Balaban J connectivity index is 1.78. The van der Waals surface area contributed by atoms with Gasteiger partial charge in [-0.05, 0) is 80.5 Å². The van der Waals surface area contributed by atoms with Crippen molar-refractivity contribution < 1.29 is 38.5 Å². The lowest BCUT2D eigenvalue weighted by Gasteiger charge is -2.69. The molecule has 0 aromatic heterocycles. The van der Waals surface area contributed by atoms with Gasteiger partial charge in [-0.15, -0.1) is 0 Å². The summed E-state index contributed by atoms with van der Waals surface area (Å²) in [6.07, 6.45) is 4.68. The van der Waals surface area contributed by atoms with Gasteiger partial charge in [0.25, 0.3) is 0 Å². The van der Waals surface area contributed by atoms with Crippen molar-refractivity contribution in [2.24, 2.45) is 39.4 Å². The summed E-state index contributed by atoms with van der Waals surface area (Å²) in [4.78, 5) is 51.4. The molecule has 0 aromatic rings. The molecule has 9 atom stereocenters. The number of esters is 3. The Hall–Kier alpha value is -2.22. The predicted molar refractivity (Wildman–Crippen MR) is 180 cm³/mol. The van der Waals surface area contributed by atoms with E-state index in [0.29, 0.717) is 31.5 Å². The number of hydrogen-bond donors (Lipinski definition) is 1. The van der Waals surface area contributed by atoms with Gasteiger partial charge >= 0.3 is 17.9 Å². The van der Waals surface area contributed by atoms with E-state index in [-0.39, 0.29) is 58.9 Å². The number of aliphatic hydroxyl groups is 1. The first kappa shape index (κ1) is 37.6. The van der Waals surface area contributed by atoms with Crippen molar-refractivity contribution in [3.63, 3.8) is 0 Å². The van der Waals surface area contributed by atoms with Gasteiger partial charge in [-0.25, -0.2) is 0 Å². The first-order valence-corrected chi connectivity index (χ1v) is 18.3. The lowest BCUT2D eigenvalue weighted by atomic mass is 9.36. The highest BCUT2D eigenvalue weighted by Crippen LogP contribution is 2.74. The third kappa shape index (κ3) is 6.46. The van der Waals surface area contributed by atoms with Gasteiger partial charge in [-0.3, -0.25) is 19.2 Å². The van der Waals surface area contributed by atoms with E-state index in [4.69, 9.17) is 14.2 Å². The zero-order chi connectivity index (χ0) is 35.3. The fourth-order valence-electron chi connectivity index (χ4n) is 10.9. The van der Waals surface area contributed by atoms with Crippen LogP contribution in [0.2, 0.25) is 0 Å². The topological polar surface area (TPSA) is 116 Å². The molecular formula is C39H62O8. The number of Topliss-reactive ketones (excluding diaryl/α,β-unsaturated/α-hetero) is 1. The third-order valence-electron chi connectivity index (χ3n) is 13.5. The van der Waals surface area contributed by atoms with Crippen molar-refractivity contribution in [2.75, 3.05) is 0 Å². The molecule has 47 heavy (non-hydrogen) atoms. The first-order valence-electron chi connectivity index (χ1n) is 18.3. The van der Waals surface area contributed by atoms with E-state index >= 15 is 0 Å². The second-order valence-corrected chi connectivity index (χ2v) is 17.0. The van der Waals surface area contributed by atoms with Crippen molar-refractivity contribution in [3.8, 4) is 0 Å². The minimum absolute atomic E-state index is 0.0347. The number of rotatable bonds is 11. The Bertz CT molecular complexity index is 1270. The zero-order valence-corrected chi connectivity index (χ0v) is 31.0. The largest absolute Gasteiger partial charge is 0.462 e. The lowest BCUT2D eigenvalue weighted by molar-refractivity contribution is -0.218. The van der Waals surface area contributed by atoms with Crippen LogP contribution in [0.3, 0.4) is 0 Å². The second-order valence-electron chi connectivity index (χ2n) is 17.0. The summed E-state index contributed by atoms with van der Waals surface area (Å²) in [5.74, 6) is -0.401. The maximum atomic E-state index is 13.2. The molecule has 1 N–H and O–H groups in total. The van der Waals surface area contributed by atoms with E-state index in [9.17, 15) is 24.3 Å². The van der Waals surface area contributed by atoms with Gasteiger partial charge in [-0.2, -0.15) is 0 Å². The van der Waals surface area contributed by atoms with Gasteiger partial charge in [0.2, 0.25) is 0 Å². The molecule has 4 rings (SSSR count). The molecule has 0 saturated heterocycles. The molecule has 0 radical (unpaired) electrons. The molecule has 8 nitrogen and oxygen atoms in total. The van der Waals surface area contributed by atoms with Crippen LogP contribution in [-0.2, 0) is 33.4 Å². The van der Waals surface area contributed by atoms with Gasteiger partial charge in [0, 0.05) is 43.4 Å². The minimum atomic E-state index is -1.43. The number of fused-ring (bicyclic) bond motifs is 5. The van der Waals surface area contributed by atoms with Crippen molar-refractivity contribution in [2.45, 2.75) is 171 Å². The molecule has 0 heterocycles. The quantitative estimate of drug-likeness (QED) is 0.137. The average Bonchev–Trinajstić information content (AvgIpc) is 3.34. The summed E-state index contributed by atoms with van der Waals surface area (Å²) < 4.78 is 18.1. The van der Waals surface area contributed by atoms with Crippen LogP contribution < -0.4 is 0 Å². The molecular weight excluding hydrogens is 596 g/mol. The van der Waals surface area contributed by atoms with E-state index in [1.54, 1.807) is 27.7 Å². The summed E-state index contributed by atoms with van der Waals surface area (Å²) in [6.45, 7) is 22.0. The van der Waals surface area contributed by atoms with Crippen LogP contribution in [0.1, 0.15) is 147 Å². The monoisotopic (exact) mass is 658 g/mol. The van der Waals surface area contributed by atoms with Crippen LogP contribution in [0.15, 0.2) is 11.1 Å². The minimum Gasteiger partial charge on any atom is -0.462 e. The Morgan fingerprint density at radius 1 is 0.894 bits per heavy atom. The van der Waals surface area contributed by atoms with Crippen LogP contribution in [0.25, 0.3) is 0 Å². The highest BCUT2D eigenvalue weighted by Gasteiger charge is 2.70. The SMILES string of the molecule is CCC(=O)O[C@@H](C[C@@H](C)C1=C2C[C@H](OC(=O)CC)[C@H]3[C@@]4(C)CCC(=O)C(C)(C)[C@@H]4CC[C@]3(C)[C@@]2(C)CC1)[C@@H](OC(=O)CC)C(C)(C)O. The van der Waals surface area contributed by atoms with E-state index in [1.165, 1.54) is 11.1 Å². The predicted octanol–water partition coefficient (Wildman–Crippen LogP) is 7.68. The van der Waals surface area contributed by atoms with Crippen molar-refractivity contribution in [3.05, 3.63) is 11.1 Å². The number of allylic oxidation sites excluding steroid dienone is 1. The van der Waals surface area contributed by atoms with Gasteiger partial charge in [0.15, 0.2) is 6.10 Å². The molecule has 3 saturated carbocycles. The fraction of sp³-hybridized carbons (Fsp3) is 0.846. The van der Waals surface area contributed by atoms with Gasteiger partial charge < -0.3 is 19.3 Å². The van der Waals surface area contributed by atoms with Gasteiger partial charge in [0.05, 0.1) is 5.60 Å². The van der Waals surface area contributed by atoms with Crippen molar-refractivity contribution >= 4 is 23.7 Å². The molecule has 0 unspecified atom stereocenters. The Morgan fingerprint density at radius 3 is 2.06 bits per heavy atom. The van der Waals surface area contributed by atoms with E-state index in [2.05, 4.69) is 41.5 Å². The number of carbonyl (C=O) groups excluding carboxylic acids is 4. The highest BCUT2D eigenvalue weighted by molar-refractivity contribution is 5.85. The van der Waals surface area contributed by atoms with E-state index < -0.39 is 35.2 Å². The van der Waals surface area contributed by atoms with E-state index in [1.807, 2.05) is 6.92 Å². The Morgan fingerprint density at radius 2 is 1.49 bits per heavy atom. The number of ether oxygens (including phenoxy) is 3. The fourth-order valence-corrected chi connectivity index (χ4v) is 10.9. The smallest absolute Gasteiger partial charge is 0.306 e. The number of carbonyl (C=O) groups is 4. The normalized spacial score (nSPS) is 35.1. The van der Waals surface area contributed by atoms with Crippen molar-refractivity contribution in [1.82, 2.24) is 0 Å². The second kappa shape index (κ2) is 13.2.